The van der Waals surface area contributed by atoms with Gasteiger partial charge in [0, 0.05) is 49.1 Å². The number of rotatable bonds is 5. The average Bonchev–Trinajstić information content (AvgIpc) is 3.28. The van der Waals surface area contributed by atoms with Gasteiger partial charge in [-0.2, -0.15) is 4.98 Å². The quantitative estimate of drug-likeness (QED) is 0.470. The standard InChI is InChI=1S/C26H25N7O/c1-17-22(25(34)29-20-7-5-4-6-8-20)23(18-13-15-27-16-14-18)33-26(28-17)30-24(31-33)19-9-11-21(12-10-19)32(2)3/h4-16,23H,1-3H3,(H,29,34)(H,28,30,31). The van der Waals surface area contributed by atoms with Crippen molar-refractivity contribution in [3.05, 3.63) is 96.0 Å². The van der Waals surface area contributed by atoms with Gasteiger partial charge in [0.05, 0.1) is 5.57 Å². The van der Waals surface area contributed by atoms with Crippen LogP contribution in [-0.2, 0) is 4.79 Å². The largest absolute Gasteiger partial charge is 0.378 e. The first-order chi connectivity index (χ1) is 16.5. The van der Waals surface area contributed by atoms with Crippen molar-refractivity contribution >= 4 is 23.2 Å². The summed E-state index contributed by atoms with van der Waals surface area (Å²) in [5.41, 5.74) is 4.92. The van der Waals surface area contributed by atoms with Crippen molar-refractivity contribution in [2.75, 3.05) is 29.6 Å². The highest BCUT2D eigenvalue weighted by Crippen LogP contribution is 2.36. The van der Waals surface area contributed by atoms with Crippen LogP contribution in [0.4, 0.5) is 17.3 Å². The zero-order valence-corrected chi connectivity index (χ0v) is 19.2. The number of hydrogen-bond donors (Lipinski definition) is 2. The molecule has 1 amide bonds. The molecule has 0 bridgehead atoms. The fourth-order valence-electron chi connectivity index (χ4n) is 4.05. The number of allylic oxidation sites excluding steroid dienone is 1. The van der Waals surface area contributed by atoms with Crippen molar-refractivity contribution in [1.29, 1.82) is 0 Å². The van der Waals surface area contributed by atoms with E-state index in [0.29, 0.717) is 17.3 Å². The van der Waals surface area contributed by atoms with Crippen LogP contribution in [-0.4, -0.2) is 39.8 Å². The molecule has 2 N–H and O–H groups in total. The highest BCUT2D eigenvalue weighted by atomic mass is 16.1. The molecule has 2 aromatic carbocycles. The van der Waals surface area contributed by atoms with E-state index in [2.05, 4.69) is 15.6 Å². The fraction of sp³-hybridized carbons (Fsp3) is 0.154. The summed E-state index contributed by atoms with van der Waals surface area (Å²) in [4.78, 5) is 24.4. The van der Waals surface area contributed by atoms with E-state index in [1.54, 1.807) is 17.1 Å². The third-order valence-electron chi connectivity index (χ3n) is 5.79. The second-order valence-electron chi connectivity index (χ2n) is 8.31. The zero-order chi connectivity index (χ0) is 23.7. The molecule has 8 heteroatoms. The predicted molar refractivity (Wildman–Crippen MR) is 134 cm³/mol. The van der Waals surface area contributed by atoms with Gasteiger partial charge in [-0.25, -0.2) is 4.68 Å². The minimum atomic E-state index is -0.453. The molecular formula is C26H25N7O. The van der Waals surface area contributed by atoms with E-state index in [1.165, 1.54) is 0 Å². The Morgan fingerprint density at radius 2 is 1.71 bits per heavy atom. The van der Waals surface area contributed by atoms with E-state index in [-0.39, 0.29) is 5.91 Å². The van der Waals surface area contributed by atoms with E-state index in [1.807, 2.05) is 92.6 Å². The fourth-order valence-corrected chi connectivity index (χ4v) is 4.05. The molecule has 0 aliphatic carbocycles. The van der Waals surface area contributed by atoms with E-state index in [9.17, 15) is 4.79 Å². The molecule has 0 saturated heterocycles. The highest BCUT2D eigenvalue weighted by molar-refractivity contribution is 6.06. The van der Waals surface area contributed by atoms with Crippen molar-refractivity contribution in [2.45, 2.75) is 13.0 Å². The van der Waals surface area contributed by atoms with Gasteiger partial charge in [-0.1, -0.05) is 18.2 Å². The first-order valence-corrected chi connectivity index (χ1v) is 11.0. The van der Waals surface area contributed by atoms with Gasteiger partial charge in [0.15, 0.2) is 5.82 Å². The van der Waals surface area contributed by atoms with Crippen molar-refractivity contribution in [1.82, 2.24) is 19.7 Å². The maximum absolute atomic E-state index is 13.5. The van der Waals surface area contributed by atoms with Crippen molar-refractivity contribution in [2.24, 2.45) is 0 Å². The Hall–Kier alpha value is -4.46. The van der Waals surface area contributed by atoms with Gasteiger partial charge in [-0.3, -0.25) is 9.78 Å². The number of carbonyl (C=O) groups excluding carboxylic acids is 1. The third-order valence-corrected chi connectivity index (χ3v) is 5.79. The number of fused-ring (bicyclic) bond motifs is 1. The predicted octanol–water partition coefficient (Wildman–Crippen LogP) is 4.33. The summed E-state index contributed by atoms with van der Waals surface area (Å²) < 4.78 is 1.78. The Balaban J connectivity index is 1.56. The Bertz CT molecular complexity index is 1340. The summed E-state index contributed by atoms with van der Waals surface area (Å²) in [5, 5.41) is 11.1. The maximum atomic E-state index is 13.5. The van der Waals surface area contributed by atoms with Crippen LogP contribution in [0.15, 0.2) is 90.4 Å². The van der Waals surface area contributed by atoms with Crippen LogP contribution in [0, 0.1) is 0 Å². The number of nitrogens with one attached hydrogen (secondary N) is 2. The topological polar surface area (TPSA) is 88.0 Å². The average molecular weight is 452 g/mol. The number of anilines is 3. The molecule has 1 unspecified atom stereocenters. The lowest BCUT2D eigenvalue weighted by Gasteiger charge is -2.28. The van der Waals surface area contributed by atoms with E-state index in [4.69, 9.17) is 10.1 Å². The Morgan fingerprint density at radius 1 is 1.00 bits per heavy atom. The van der Waals surface area contributed by atoms with Crippen LogP contribution in [0.1, 0.15) is 18.5 Å². The second-order valence-corrected chi connectivity index (χ2v) is 8.31. The molecule has 1 atom stereocenters. The summed E-state index contributed by atoms with van der Waals surface area (Å²) in [5.74, 6) is 0.975. The molecule has 5 rings (SSSR count). The molecule has 0 spiro atoms. The highest BCUT2D eigenvalue weighted by Gasteiger charge is 2.34. The summed E-state index contributed by atoms with van der Waals surface area (Å²) in [6, 6.07) is 20.8. The second kappa shape index (κ2) is 8.82. The number of hydrogen-bond acceptors (Lipinski definition) is 6. The molecule has 1 aliphatic heterocycles. The lowest BCUT2D eigenvalue weighted by Crippen LogP contribution is -2.31. The first kappa shape index (κ1) is 21.4. The normalized spacial score (nSPS) is 14.9. The third kappa shape index (κ3) is 4.01. The lowest BCUT2D eigenvalue weighted by atomic mass is 9.96. The van der Waals surface area contributed by atoms with Gasteiger partial charge in [-0.05, 0) is 61.0 Å². The molecule has 0 saturated carbocycles. The molecular weight excluding hydrogens is 426 g/mol. The summed E-state index contributed by atoms with van der Waals surface area (Å²) in [6.45, 7) is 1.89. The van der Waals surface area contributed by atoms with Gasteiger partial charge in [0.2, 0.25) is 5.95 Å². The van der Waals surface area contributed by atoms with Gasteiger partial charge in [0.25, 0.3) is 5.91 Å². The molecule has 0 radical (unpaired) electrons. The van der Waals surface area contributed by atoms with Gasteiger partial charge < -0.3 is 15.5 Å². The van der Waals surface area contributed by atoms with Crippen LogP contribution in [0.3, 0.4) is 0 Å². The van der Waals surface area contributed by atoms with Crippen LogP contribution >= 0.6 is 0 Å². The number of carbonyl (C=O) groups is 1. The number of pyridine rings is 1. The van der Waals surface area contributed by atoms with Crippen LogP contribution < -0.4 is 15.5 Å². The van der Waals surface area contributed by atoms with E-state index >= 15 is 0 Å². The number of amides is 1. The molecule has 1 aliphatic rings. The molecule has 170 valence electrons. The SMILES string of the molecule is CC1=C(C(=O)Nc2ccccc2)C(c2ccncc2)n2nc(-c3ccc(N(C)C)cc3)nc2N1. The number of para-hydroxylation sites is 1. The summed E-state index contributed by atoms with van der Waals surface area (Å²) in [7, 11) is 4.00. The molecule has 2 aromatic heterocycles. The minimum Gasteiger partial charge on any atom is -0.378 e. The zero-order valence-electron chi connectivity index (χ0n) is 19.2. The van der Waals surface area contributed by atoms with E-state index in [0.717, 1.165) is 28.2 Å². The lowest BCUT2D eigenvalue weighted by molar-refractivity contribution is -0.113. The molecule has 8 nitrogen and oxygen atoms in total. The van der Waals surface area contributed by atoms with Crippen LogP contribution in [0.2, 0.25) is 0 Å². The smallest absolute Gasteiger partial charge is 0.255 e. The molecule has 3 heterocycles. The number of nitrogens with zero attached hydrogens (tertiary/aromatic N) is 5. The summed E-state index contributed by atoms with van der Waals surface area (Å²) in [6.07, 6.45) is 3.44. The Kier molecular flexibility index (Phi) is 5.55. The van der Waals surface area contributed by atoms with E-state index < -0.39 is 6.04 Å². The molecule has 34 heavy (non-hydrogen) atoms. The number of aromatic nitrogens is 4. The monoisotopic (exact) mass is 451 g/mol. The van der Waals surface area contributed by atoms with Crippen molar-refractivity contribution in [3.63, 3.8) is 0 Å². The number of benzene rings is 2. The minimum absolute atomic E-state index is 0.198. The van der Waals surface area contributed by atoms with Gasteiger partial charge in [0.1, 0.15) is 6.04 Å². The maximum Gasteiger partial charge on any atom is 0.255 e. The Labute approximate surface area is 198 Å². The van der Waals surface area contributed by atoms with Crippen molar-refractivity contribution in [3.8, 4) is 11.4 Å². The van der Waals surface area contributed by atoms with Gasteiger partial charge >= 0.3 is 0 Å². The Morgan fingerprint density at radius 3 is 2.38 bits per heavy atom. The molecule has 0 fully saturated rings. The first-order valence-electron chi connectivity index (χ1n) is 11.0. The molecule has 4 aromatic rings. The van der Waals surface area contributed by atoms with Gasteiger partial charge in [-0.15, -0.1) is 5.10 Å². The van der Waals surface area contributed by atoms with Crippen LogP contribution in [0.5, 0.6) is 0 Å². The summed E-state index contributed by atoms with van der Waals surface area (Å²) >= 11 is 0. The van der Waals surface area contributed by atoms with Crippen molar-refractivity contribution < 1.29 is 4.79 Å². The van der Waals surface area contributed by atoms with Crippen LogP contribution in [0.25, 0.3) is 11.4 Å².